The van der Waals surface area contributed by atoms with E-state index in [0.717, 1.165) is 6.07 Å². The number of nitrogens with zero attached hydrogens (tertiary/aromatic N) is 2. The van der Waals surface area contributed by atoms with Gasteiger partial charge in [0, 0.05) is 11.9 Å². The molecule has 6 nitrogen and oxygen atoms in total. The number of rotatable bonds is 3. The number of hydrogen-bond acceptors (Lipinski definition) is 5. The molecule has 0 bridgehead atoms. The van der Waals surface area contributed by atoms with Crippen molar-refractivity contribution < 1.29 is 17.2 Å². The molecule has 1 aromatic carbocycles. The van der Waals surface area contributed by atoms with E-state index < -0.39 is 26.6 Å². The molecule has 0 radical (unpaired) electrons. The lowest BCUT2D eigenvalue weighted by atomic mass is 10.3. The van der Waals surface area contributed by atoms with E-state index in [2.05, 4.69) is 9.97 Å². The van der Waals surface area contributed by atoms with Crippen molar-refractivity contribution in [3.63, 3.8) is 0 Å². The van der Waals surface area contributed by atoms with Gasteiger partial charge in [-0.15, -0.1) is 0 Å². The van der Waals surface area contributed by atoms with E-state index in [1.54, 1.807) is 0 Å². The summed E-state index contributed by atoms with van der Waals surface area (Å²) < 4.78 is 52.5. The van der Waals surface area contributed by atoms with Crippen molar-refractivity contribution in [2.45, 2.75) is 4.90 Å². The minimum Gasteiger partial charge on any atom is -0.399 e. The summed E-state index contributed by atoms with van der Waals surface area (Å²) in [6, 6.07) is 2.77. The van der Waals surface area contributed by atoms with Gasteiger partial charge in [-0.2, -0.15) is 0 Å². The molecule has 0 saturated carbocycles. The Bertz CT molecular complexity index is 770. The summed E-state index contributed by atoms with van der Waals surface area (Å²) in [6.45, 7) is 0. The zero-order chi connectivity index (χ0) is 14.9. The molecule has 0 amide bonds. The zero-order valence-electron chi connectivity index (χ0n) is 9.64. The zero-order valence-corrected chi connectivity index (χ0v) is 11.2. The van der Waals surface area contributed by atoms with Crippen LogP contribution in [0.25, 0.3) is 0 Å². The smallest absolute Gasteiger partial charge is 0.267 e. The second kappa shape index (κ2) is 5.17. The quantitative estimate of drug-likeness (QED) is 0.663. The topological polar surface area (TPSA) is 98.0 Å². The second-order valence-electron chi connectivity index (χ2n) is 3.62. The molecular weight excluding hydrogens is 314 g/mol. The van der Waals surface area contributed by atoms with Crippen LogP contribution in [-0.2, 0) is 10.0 Å². The third-order valence-electron chi connectivity index (χ3n) is 2.15. The van der Waals surface area contributed by atoms with Gasteiger partial charge in [-0.3, -0.25) is 0 Å². The Morgan fingerprint density at radius 3 is 2.65 bits per heavy atom. The molecule has 0 aliphatic heterocycles. The number of nitrogens with one attached hydrogen (secondary N) is 1. The number of anilines is 2. The highest BCUT2D eigenvalue weighted by atomic mass is 35.5. The van der Waals surface area contributed by atoms with Gasteiger partial charge in [-0.1, -0.05) is 11.6 Å². The monoisotopic (exact) mass is 320 g/mol. The van der Waals surface area contributed by atoms with Gasteiger partial charge >= 0.3 is 0 Å². The van der Waals surface area contributed by atoms with E-state index in [0.29, 0.717) is 6.07 Å². The fourth-order valence-electron chi connectivity index (χ4n) is 1.34. The molecule has 1 heterocycles. The highest BCUT2D eigenvalue weighted by molar-refractivity contribution is 7.92. The third kappa shape index (κ3) is 2.94. The highest BCUT2D eigenvalue weighted by Crippen LogP contribution is 2.22. The van der Waals surface area contributed by atoms with Crippen LogP contribution < -0.4 is 10.5 Å². The number of aromatic nitrogens is 2. The predicted octanol–water partition coefficient (Wildman–Crippen LogP) is 1.79. The molecule has 20 heavy (non-hydrogen) atoms. The Hall–Kier alpha value is -2.00. The van der Waals surface area contributed by atoms with Crippen molar-refractivity contribution in [3.8, 4) is 0 Å². The van der Waals surface area contributed by atoms with Gasteiger partial charge in [-0.25, -0.2) is 31.9 Å². The summed E-state index contributed by atoms with van der Waals surface area (Å²) in [5.41, 5.74) is 5.05. The molecule has 0 atom stereocenters. The molecule has 1 aromatic heterocycles. The van der Waals surface area contributed by atoms with Crippen LogP contribution in [0.3, 0.4) is 0 Å². The third-order valence-corrected chi connectivity index (χ3v) is 3.69. The average Bonchev–Trinajstić information content (AvgIpc) is 2.33. The maximum absolute atomic E-state index is 13.5. The first-order chi connectivity index (χ1) is 9.29. The van der Waals surface area contributed by atoms with E-state index in [9.17, 15) is 17.2 Å². The van der Waals surface area contributed by atoms with Gasteiger partial charge in [-0.05, 0) is 18.2 Å². The summed E-state index contributed by atoms with van der Waals surface area (Å²) in [5.74, 6) is -3.30. The van der Waals surface area contributed by atoms with Crippen LogP contribution in [0.2, 0.25) is 5.15 Å². The fraction of sp³-hybridized carbons (Fsp3) is 0. The van der Waals surface area contributed by atoms with Crippen LogP contribution in [-0.4, -0.2) is 18.4 Å². The summed E-state index contributed by atoms with van der Waals surface area (Å²) in [7, 11) is -4.43. The predicted molar refractivity (Wildman–Crippen MR) is 68.6 cm³/mol. The van der Waals surface area contributed by atoms with Crippen LogP contribution in [0.15, 0.2) is 29.3 Å². The number of benzene rings is 1. The van der Waals surface area contributed by atoms with Crippen molar-refractivity contribution in [2.24, 2.45) is 0 Å². The van der Waals surface area contributed by atoms with Crippen LogP contribution in [0.1, 0.15) is 0 Å². The first-order valence-electron chi connectivity index (χ1n) is 5.05. The molecule has 0 saturated heterocycles. The standard InChI is InChI=1S/C10H7ClF2N4O2S/c11-8-1-2-15-10(16-8)17-20(18,19)7-4-5(14)3-6(12)9(7)13/h1-4H,14H2,(H,15,16,17). The van der Waals surface area contributed by atoms with Gasteiger partial charge in [0.15, 0.2) is 11.6 Å². The fourth-order valence-corrected chi connectivity index (χ4v) is 2.55. The molecule has 0 fully saturated rings. The number of hydrogen-bond donors (Lipinski definition) is 2. The van der Waals surface area contributed by atoms with E-state index >= 15 is 0 Å². The SMILES string of the molecule is Nc1cc(F)c(F)c(S(=O)(=O)Nc2nccc(Cl)n2)c1. The van der Waals surface area contributed by atoms with Crippen LogP contribution in [0, 0.1) is 11.6 Å². The van der Waals surface area contributed by atoms with Crippen LogP contribution >= 0.6 is 11.6 Å². The van der Waals surface area contributed by atoms with Gasteiger partial charge in [0.05, 0.1) is 0 Å². The lowest BCUT2D eigenvalue weighted by Crippen LogP contribution is -2.17. The molecule has 0 spiro atoms. The Labute approximate surface area is 117 Å². The maximum Gasteiger partial charge on any atom is 0.267 e. The molecule has 106 valence electrons. The Balaban J connectivity index is 2.46. The molecule has 0 aliphatic carbocycles. The van der Waals surface area contributed by atoms with Gasteiger partial charge in [0.1, 0.15) is 10.0 Å². The van der Waals surface area contributed by atoms with E-state index in [4.69, 9.17) is 17.3 Å². The number of nitrogens with two attached hydrogens (primary N) is 1. The minimum absolute atomic E-state index is 0.0167. The molecule has 0 unspecified atom stereocenters. The normalized spacial score (nSPS) is 11.3. The summed E-state index contributed by atoms with van der Waals surface area (Å²) in [6.07, 6.45) is 1.20. The Morgan fingerprint density at radius 2 is 2.00 bits per heavy atom. The van der Waals surface area contributed by atoms with Gasteiger partial charge in [0.2, 0.25) is 5.95 Å². The maximum atomic E-state index is 13.5. The summed E-state index contributed by atoms with van der Waals surface area (Å²) in [5, 5.41) is -0.0167. The van der Waals surface area contributed by atoms with E-state index in [1.165, 1.54) is 12.3 Å². The van der Waals surface area contributed by atoms with E-state index in [-0.39, 0.29) is 16.8 Å². The first-order valence-corrected chi connectivity index (χ1v) is 6.91. The summed E-state index contributed by atoms with van der Waals surface area (Å²) >= 11 is 5.56. The van der Waals surface area contributed by atoms with Crippen LogP contribution in [0.4, 0.5) is 20.4 Å². The molecule has 3 N–H and O–H groups in total. The number of sulfonamides is 1. The van der Waals surface area contributed by atoms with Crippen LogP contribution in [0.5, 0.6) is 0 Å². The lowest BCUT2D eigenvalue weighted by molar-refractivity contribution is 0.486. The Morgan fingerprint density at radius 1 is 1.30 bits per heavy atom. The molecule has 2 aromatic rings. The van der Waals surface area contributed by atoms with Crippen molar-refractivity contribution in [3.05, 3.63) is 41.2 Å². The van der Waals surface area contributed by atoms with Crippen molar-refractivity contribution in [2.75, 3.05) is 10.5 Å². The van der Waals surface area contributed by atoms with Gasteiger partial charge in [0.25, 0.3) is 10.0 Å². The Kier molecular flexibility index (Phi) is 3.73. The summed E-state index contributed by atoms with van der Waals surface area (Å²) in [4.78, 5) is 6.22. The average molecular weight is 321 g/mol. The van der Waals surface area contributed by atoms with Gasteiger partial charge < -0.3 is 5.73 Å². The lowest BCUT2D eigenvalue weighted by Gasteiger charge is -2.08. The molecule has 2 rings (SSSR count). The number of nitrogen functional groups attached to an aromatic ring is 1. The van der Waals surface area contributed by atoms with E-state index in [1.807, 2.05) is 4.72 Å². The minimum atomic E-state index is -4.43. The largest absolute Gasteiger partial charge is 0.399 e. The molecule has 10 heteroatoms. The van der Waals surface area contributed by atoms with Crippen molar-refractivity contribution in [1.29, 1.82) is 0 Å². The molecule has 0 aliphatic rings. The second-order valence-corrected chi connectivity index (χ2v) is 5.66. The van der Waals surface area contributed by atoms with Crippen molar-refractivity contribution in [1.82, 2.24) is 9.97 Å². The highest BCUT2D eigenvalue weighted by Gasteiger charge is 2.23. The molecular formula is C10H7ClF2N4O2S. The number of halogens is 3. The van der Waals surface area contributed by atoms with Crippen molar-refractivity contribution >= 4 is 33.3 Å². The first kappa shape index (κ1) is 14.4.